The highest BCUT2D eigenvalue weighted by Crippen LogP contribution is 2.33. The fourth-order valence-corrected chi connectivity index (χ4v) is 2.86. The maximum absolute atomic E-state index is 12.5. The lowest BCUT2D eigenvalue weighted by Gasteiger charge is -2.15. The van der Waals surface area contributed by atoms with E-state index in [2.05, 4.69) is 4.74 Å². The molecule has 1 N–H and O–H groups in total. The number of hydrogen-bond acceptors (Lipinski definition) is 3. The lowest BCUT2D eigenvalue weighted by Crippen LogP contribution is -2.20. The minimum atomic E-state index is -5.05. The summed E-state index contributed by atoms with van der Waals surface area (Å²) in [4.78, 5) is -0.553. The second kappa shape index (κ2) is 6.47. The highest BCUT2D eigenvalue weighted by molar-refractivity contribution is 7.92. The van der Waals surface area contributed by atoms with Crippen LogP contribution in [0.5, 0.6) is 5.75 Å². The Labute approximate surface area is 138 Å². The molecule has 0 aliphatic heterocycles. The van der Waals surface area contributed by atoms with Crippen LogP contribution >= 0.6 is 0 Å². The summed E-state index contributed by atoms with van der Waals surface area (Å²) in [5, 5.41) is 0. The van der Waals surface area contributed by atoms with Gasteiger partial charge in [-0.1, -0.05) is 12.1 Å². The van der Waals surface area contributed by atoms with Crippen LogP contribution in [0.1, 0.15) is 5.56 Å². The third-order valence-corrected chi connectivity index (χ3v) is 4.23. The molecule has 0 heterocycles. The lowest BCUT2D eigenvalue weighted by atomic mass is 10.2. The molecule has 25 heavy (non-hydrogen) atoms. The van der Waals surface area contributed by atoms with Crippen LogP contribution in [-0.4, -0.2) is 14.8 Å². The van der Waals surface area contributed by atoms with E-state index in [4.69, 9.17) is 0 Å². The molecule has 0 aliphatic rings. The van der Waals surface area contributed by atoms with Crippen LogP contribution in [0, 0.1) is 0 Å². The molecule has 0 spiro atoms. The number of anilines is 1. The van der Waals surface area contributed by atoms with E-state index in [0.29, 0.717) is 24.3 Å². The number of nitrogens with one attached hydrogen (secondary N) is 1. The fraction of sp³-hybridized carbons (Fsp3) is 0.143. The van der Waals surface area contributed by atoms with Gasteiger partial charge in [0.05, 0.1) is 16.1 Å². The lowest BCUT2D eigenvalue weighted by molar-refractivity contribution is -0.274. The molecule has 0 aliphatic carbocycles. The summed E-state index contributed by atoms with van der Waals surface area (Å²) < 4.78 is 104. The number of alkyl halides is 6. The van der Waals surface area contributed by atoms with Crippen LogP contribution in [0.3, 0.4) is 0 Å². The molecule has 136 valence electrons. The summed E-state index contributed by atoms with van der Waals surface area (Å²) >= 11 is 0. The highest BCUT2D eigenvalue weighted by atomic mass is 32.2. The van der Waals surface area contributed by atoms with E-state index >= 15 is 0 Å². The van der Waals surface area contributed by atoms with Crippen molar-refractivity contribution in [1.82, 2.24) is 0 Å². The van der Waals surface area contributed by atoms with Gasteiger partial charge in [0.1, 0.15) is 0 Å². The van der Waals surface area contributed by atoms with Crippen LogP contribution in [0.15, 0.2) is 53.4 Å². The Morgan fingerprint density at radius 1 is 0.840 bits per heavy atom. The molecule has 4 nitrogen and oxygen atoms in total. The number of benzene rings is 2. The Morgan fingerprint density at radius 2 is 1.40 bits per heavy atom. The molecular formula is C14H9F6NO3S. The number of hydrogen-bond donors (Lipinski definition) is 1. The number of para-hydroxylation sites is 2. The van der Waals surface area contributed by atoms with Crippen molar-refractivity contribution in [3.05, 3.63) is 54.1 Å². The molecular weight excluding hydrogens is 376 g/mol. The predicted molar refractivity (Wildman–Crippen MR) is 75.4 cm³/mol. The Kier molecular flexibility index (Phi) is 4.89. The van der Waals surface area contributed by atoms with Crippen LogP contribution < -0.4 is 9.46 Å². The van der Waals surface area contributed by atoms with E-state index in [1.165, 1.54) is 12.1 Å². The normalized spacial score (nSPS) is 12.7. The van der Waals surface area contributed by atoms with Crippen molar-refractivity contribution in [2.45, 2.75) is 17.4 Å². The van der Waals surface area contributed by atoms with Gasteiger partial charge in [-0.05, 0) is 36.4 Å². The first-order chi connectivity index (χ1) is 11.4. The van der Waals surface area contributed by atoms with Gasteiger partial charge in [-0.25, -0.2) is 8.42 Å². The maximum Gasteiger partial charge on any atom is 0.573 e. The van der Waals surface area contributed by atoms with Gasteiger partial charge in [-0.3, -0.25) is 4.72 Å². The summed E-state index contributed by atoms with van der Waals surface area (Å²) in [5.74, 6) is -0.800. The van der Waals surface area contributed by atoms with Crippen LogP contribution in [0.4, 0.5) is 32.0 Å². The SMILES string of the molecule is O=S(=O)(Nc1ccccc1OC(F)(F)F)c1ccc(C(F)(F)F)cc1. The molecule has 0 aromatic heterocycles. The smallest absolute Gasteiger partial charge is 0.404 e. The zero-order valence-corrected chi connectivity index (χ0v) is 12.8. The van der Waals surface area contributed by atoms with Gasteiger partial charge in [-0.2, -0.15) is 13.2 Å². The molecule has 0 unspecified atom stereocenters. The van der Waals surface area contributed by atoms with Gasteiger partial charge >= 0.3 is 12.5 Å². The van der Waals surface area contributed by atoms with Crippen molar-refractivity contribution in [3.8, 4) is 5.75 Å². The monoisotopic (exact) mass is 385 g/mol. The van der Waals surface area contributed by atoms with Gasteiger partial charge in [-0.15, -0.1) is 13.2 Å². The highest BCUT2D eigenvalue weighted by Gasteiger charge is 2.33. The van der Waals surface area contributed by atoms with Crippen molar-refractivity contribution in [2.24, 2.45) is 0 Å². The van der Waals surface area contributed by atoms with E-state index < -0.39 is 44.5 Å². The third-order valence-electron chi connectivity index (χ3n) is 2.85. The van der Waals surface area contributed by atoms with Crippen LogP contribution in [0.25, 0.3) is 0 Å². The van der Waals surface area contributed by atoms with E-state index in [0.717, 1.165) is 12.1 Å². The van der Waals surface area contributed by atoms with Gasteiger partial charge in [0.25, 0.3) is 10.0 Å². The fourth-order valence-electron chi connectivity index (χ4n) is 1.79. The summed E-state index contributed by atoms with van der Waals surface area (Å²) in [6.45, 7) is 0. The van der Waals surface area contributed by atoms with Crippen molar-refractivity contribution in [1.29, 1.82) is 0 Å². The maximum atomic E-state index is 12.5. The summed E-state index contributed by atoms with van der Waals surface area (Å²) in [5.41, 5.74) is -1.58. The molecule has 2 rings (SSSR count). The standard InChI is InChI=1S/C14H9F6NO3S/c15-13(16,17)9-5-7-10(8-6-9)25(22,23)21-11-3-1-2-4-12(11)24-14(18,19)20/h1-8,21H. The molecule has 2 aromatic carbocycles. The van der Waals surface area contributed by atoms with Crippen molar-refractivity contribution < 1.29 is 39.5 Å². The summed E-state index contributed by atoms with van der Waals surface area (Å²) in [6, 6.07) is 6.84. The Balaban J connectivity index is 2.31. The first-order valence-corrected chi connectivity index (χ1v) is 7.92. The molecule has 0 fully saturated rings. The predicted octanol–water partition coefficient (Wildman–Crippen LogP) is 4.40. The minimum absolute atomic E-state index is 0.514. The Bertz CT molecular complexity index is 844. The van der Waals surface area contributed by atoms with Crippen LogP contribution in [0.2, 0.25) is 0 Å². The third kappa shape index (κ3) is 5.02. The van der Waals surface area contributed by atoms with E-state index in [1.807, 2.05) is 4.72 Å². The number of halogens is 6. The molecule has 0 radical (unpaired) electrons. The first kappa shape index (κ1) is 18.9. The van der Waals surface area contributed by atoms with Crippen molar-refractivity contribution in [3.63, 3.8) is 0 Å². The summed E-state index contributed by atoms with van der Waals surface area (Å²) in [6.07, 6.45) is -9.70. The largest absolute Gasteiger partial charge is 0.573 e. The van der Waals surface area contributed by atoms with Gasteiger partial charge in [0, 0.05) is 0 Å². The van der Waals surface area contributed by atoms with E-state index in [1.54, 1.807) is 0 Å². The second-order valence-electron chi connectivity index (χ2n) is 4.67. The first-order valence-electron chi connectivity index (χ1n) is 6.43. The topological polar surface area (TPSA) is 55.4 Å². The van der Waals surface area contributed by atoms with Crippen LogP contribution in [-0.2, 0) is 16.2 Å². The molecule has 2 aromatic rings. The minimum Gasteiger partial charge on any atom is -0.404 e. The molecule has 11 heteroatoms. The Hall–Kier alpha value is -2.43. The zero-order chi connectivity index (χ0) is 18.9. The zero-order valence-electron chi connectivity index (χ0n) is 12.0. The van der Waals surface area contributed by atoms with E-state index in [9.17, 15) is 34.8 Å². The van der Waals surface area contributed by atoms with Gasteiger partial charge in [0.15, 0.2) is 5.75 Å². The molecule has 0 saturated heterocycles. The molecule has 0 saturated carbocycles. The van der Waals surface area contributed by atoms with Crippen molar-refractivity contribution in [2.75, 3.05) is 4.72 Å². The average Bonchev–Trinajstić information content (AvgIpc) is 2.47. The Morgan fingerprint density at radius 3 is 1.92 bits per heavy atom. The number of sulfonamides is 1. The van der Waals surface area contributed by atoms with Gasteiger partial charge in [0.2, 0.25) is 0 Å². The quantitative estimate of drug-likeness (QED) is 0.794. The molecule has 0 bridgehead atoms. The number of rotatable bonds is 4. The molecule has 0 atom stereocenters. The average molecular weight is 385 g/mol. The van der Waals surface area contributed by atoms with Crippen molar-refractivity contribution >= 4 is 15.7 Å². The summed E-state index contributed by atoms with van der Waals surface area (Å²) in [7, 11) is -4.42. The molecule has 0 amide bonds. The van der Waals surface area contributed by atoms with E-state index in [-0.39, 0.29) is 0 Å². The number of ether oxygens (including phenoxy) is 1. The van der Waals surface area contributed by atoms with Gasteiger partial charge < -0.3 is 4.74 Å². The second-order valence-corrected chi connectivity index (χ2v) is 6.35.